The number of hydrogen-bond donors (Lipinski definition) is 3. The van der Waals surface area contributed by atoms with Crippen molar-refractivity contribution < 1.29 is 9.84 Å². The molecule has 0 unspecified atom stereocenters. The van der Waals surface area contributed by atoms with Crippen LogP contribution < -0.4 is 15.8 Å². The topological polar surface area (TPSA) is 93.3 Å². The van der Waals surface area contributed by atoms with Gasteiger partial charge in [0.15, 0.2) is 11.6 Å². The first-order valence-electron chi connectivity index (χ1n) is 7.14. The Morgan fingerprint density at radius 3 is 2.62 bits per heavy atom. The Balaban J connectivity index is 1.91. The zero-order valence-corrected chi connectivity index (χ0v) is 13.6. The fraction of sp³-hybridized carbons (Fsp3) is 0.0588. The molecule has 6 nitrogen and oxygen atoms in total. The fourth-order valence-corrected chi connectivity index (χ4v) is 2.18. The summed E-state index contributed by atoms with van der Waals surface area (Å²) in [6.45, 7) is 1.89. The Kier molecular flexibility index (Phi) is 4.39. The SMILES string of the molecule is Cc1ccc(Nc2nc(N)ncc2Oc2ccc(Cl)cc2)c(O)c1. The van der Waals surface area contributed by atoms with Crippen LogP contribution in [0.5, 0.6) is 17.2 Å². The number of aryl methyl sites for hydroxylation is 1. The summed E-state index contributed by atoms with van der Waals surface area (Å²) in [5.74, 6) is 1.48. The number of phenols is 1. The maximum absolute atomic E-state index is 10.0. The second kappa shape index (κ2) is 6.64. The average molecular weight is 343 g/mol. The van der Waals surface area contributed by atoms with Crippen LogP contribution in [0.3, 0.4) is 0 Å². The second-order valence-corrected chi connectivity index (χ2v) is 5.58. The molecule has 3 rings (SSSR count). The van der Waals surface area contributed by atoms with Gasteiger partial charge in [0.1, 0.15) is 11.5 Å². The van der Waals surface area contributed by atoms with E-state index < -0.39 is 0 Å². The van der Waals surface area contributed by atoms with Gasteiger partial charge in [0.2, 0.25) is 5.95 Å². The van der Waals surface area contributed by atoms with Crippen LogP contribution in [0.1, 0.15) is 5.56 Å². The van der Waals surface area contributed by atoms with Crippen molar-refractivity contribution in [1.29, 1.82) is 0 Å². The van der Waals surface area contributed by atoms with Crippen LogP contribution in [0.25, 0.3) is 0 Å². The normalized spacial score (nSPS) is 10.4. The number of nitrogens with zero attached hydrogens (tertiary/aromatic N) is 2. The van der Waals surface area contributed by atoms with E-state index in [-0.39, 0.29) is 11.7 Å². The maximum Gasteiger partial charge on any atom is 0.222 e. The molecule has 0 saturated heterocycles. The van der Waals surface area contributed by atoms with E-state index in [1.54, 1.807) is 36.4 Å². The molecule has 2 aromatic carbocycles. The Morgan fingerprint density at radius 1 is 1.17 bits per heavy atom. The molecule has 0 bridgehead atoms. The Bertz CT molecular complexity index is 869. The van der Waals surface area contributed by atoms with Crippen molar-refractivity contribution in [3.05, 3.63) is 59.2 Å². The summed E-state index contributed by atoms with van der Waals surface area (Å²) in [7, 11) is 0. The average Bonchev–Trinajstić information content (AvgIpc) is 2.54. The number of nitrogen functional groups attached to an aromatic ring is 1. The highest BCUT2D eigenvalue weighted by atomic mass is 35.5. The molecule has 0 aliphatic rings. The molecule has 24 heavy (non-hydrogen) atoms. The summed E-state index contributed by atoms with van der Waals surface area (Å²) in [5.41, 5.74) is 7.09. The maximum atomic E-state index is 10.0. The number of rotatable bonds is 4. The summed E-state index contributed by atoms with van der Waals surface area (Å²) >= 11 is 5.87. The van der Waals surface area contributed by atoms with Gasteiger partial charge < -0.3 is 20.9 Å². The minimum absolute atomic E-state index is 0.0903. The molecule has 4 N–H and O–H groups in total. The highest BCUT2D eigenvalue weighted by Crippen LogP contribution is 2.33. The van der Waals surface area contributed by atoms with Gasteiger partial charge in [0, 0.05) is 5.02 Å². The van der Waals surface area contributed by atoms with Crippen LogP contribution in [0.2, 0.25) is 5.02 Å². The van der Waals surface area contributed by atoms with E-state index in [9.17, 15) is 5.11 Å². The molecule has 0 spiro atoms. The molecule has 0 fully saturated rings. The van der Waals surface area contributed by atoms with E-state index in [1.807, 2.05) is 13.0 Å². The Morgan fingerprint density at radius 2 is 1.92 bits per heavy atom. The van der Waals surface area contributed by atoms with Crippen LogP contribution in [-0.2, 0) is 0 Å². The minimum atomic E-state index is 0.0903. The molecule has 0 radical (unpaired) electrons. The molecule has 122 valence electrons. The van der Waals surface area contributed by atoms with Crippen molar-refractivity contribution in [3.63, 3.8) is 0 Å². The van der Waals surface area contributed by atoms with E-state index in [2.05, 4.69) is 15.3 Å². The number of aromatic nitrogens is 2. The van der Waals surface area contributed by atoms with Crippen molar-refractivity contribution in [1.82, 2.24) is 9.97 Å². The monoisotopic (exact) mass is 342 g/mol. The van der Waals surface area contributed by atoms with Crippen LogP contribution in [0, 0.1) is 6.92 Å². The second-order valence-electron chi connectivity index (χ2n) is 5.14. The van der Waals surface area contributed by atoms with Crippen molar-refractivity contribution >= 4 is 29.1 Å². The molecule has 3 aromatic rings. The Labute approximate surface area is 143 Å². The van der Waals surface area contributed by atoms with Crippen LogP contribution >= 0.6 is 11.6 Å². The molecule has 7 heteroatoms. The van der Waals surface area contributed by atoms with Gasteiger partial charge in [-0.15, -0.1) is 0 Å². The van der Waals surface area contributed by atoms with Gasteiger partial charge in [-0.2, -0.15) is 4.98 Å². The number of ether oxygens (including phenoxy) is 1. The number of nitrogens with one attached hydrogen (secondary N) is 1. The summed E-state index contributed by atoms with van der Waals surface area (Å²) in [6, 6.07) is 12.1. The van der Waals surface area contributed by atoms with Crippen molar-refractivity contribution in [3.8, 4) is 17.2 Å². The van der Waals surface area contributed by atoms with Gasteiger partial charge >= 0.3 is 0 Å². The highest BCUT2D eigenvalue weighted by molar-refractivity contribution is 6.30. The third-order valence-electron chi connectivity index (χ3n) is 3.22. The van der Waals surface area contributed by atoms with Gasteiger partial charge in [0.05, 0.1) is 11.9 Å². The standard InChI is InChI=1S/C17H15ClN4O2/c1-10-2-7-13(14(23)8-10)21-16-15(9-20-17(19)22-16)24-12-5-3-11(18)4-6-12/h2-9,23H,1H3,(H3,19,20,21,22). The predicted molar refractivity (Wildman–Crippen MR) is 94.1 cm³/mol. The van der Waals surface area contributed by atoms with Crippen molar-refractivity contribution in [2.45, 2.75) is 6.92 Å². The van der Waals surface area contributed by atoms with Crippen LogP contribution in [0.4, 0.5) is 17.5 Å². The summed E-state index contributed by atoms with van der Waals surface area (Å²) < 4.78 is 5.77. The van der Waals surface area contributed by atoms with Gasteiger partial charge in [-0.3, -0.25) is 0 Å². The Hall–Kier alpha value is -2.99. The molecule has 0 atom stereocenters. The van der Waals surface area contributed by atoms with E-state index in [0.29, 0.717) is 28.0 Å². The van der Waals surface area contributed by atoms with Gasteiger partial charge in [-0.05, 0) is 48.9 Å². The summed E-state index contributed by atoms with van der Waals surface area (Å²) in [5, 5.41) is 13.7. The van der Waals surface area contributed by atoms with E-state index in [1.165, 1.54) is 6.20 Å². The van der Waals surface area contributed by atoms with Gasteiger partial charge in [0.25, 0.3) is 0 Å². The first-order chi connectivity index (χ1) is 11.5. The molecule has 0 aliphatic heterocycles. The first-order valence-corrected chi connectivity index (χ1v) is 7.51. The fourth-order valence-electron chi connectivity index (χ4n) is 2.05. The number of nitrogens with two attached hydrogens (primary N) is 1. The quantitative estimate of drug-likeness (QED) is 0.613. The van der Waals surface area contributed by atoms with E-state index in [0.717, 1.165) is 5.56 Å². The summed E-state index contributed by atoms with van der Waals surface area (Å²) in [6.07, 6.45) is 1.46. The lowest BCUT2D eigenvalue weighted by Crippen LogP contribution is -2.02. The van der Waals surface area contributed by atoms with E-state index >= 15 is 0 Å². The molecular weight excluding hydrogens is 328 g/mol. The lowest BCUT2D eigenvalue weighted by atomic mass is 10.2. The molecule has 0 aliphatic carbocycles. The number of halogens is 1. The summed E-state index contributed by atoms with van der Waals surface area (Å²) in [4.78, 5) is 8.08. The third kappa shape index (κ3) is 3.67. The molecular formula is C17H15ClN4O2. The zero-order chi connectivity index (χ0) is 17.1. The van der Waals surface area contributed by atoms with Crippen LogP contribution in [0.15, 0.2) is 48.7 Å². The number of benzene rings is 2. The smallest absolute Gasteiger partial charge is 0.222 e. The molecule has 0 amide bonds. The highest BCUT2D eigenvalue weighted by Gasteiger charge is 2.11. The minimum Gasteiger partial charge on any atom is -0.506 e. The lowest BCUT2D eigenvalue weighted by Gasteiger charge is -2.13. The van der Waals surface area contributed by atoms with E-state index in [4.69, 9.17) is 22.1 Å². The number of anilines is 3. The first kappa shape index (κ1) is 15.9. The zero-order valence-electron chi connectivity index (χ0n) is 12.8. The van der Waals surface area contributed by atoms with Crippen molar-refractivity contribution in [2.24, 2.45) is 0 Å². The molecule has 1 heterocycles. The molecule has 0 saturated carbocycles. The van der Waals surface area contributed by atoms with Gasteiger partial charge in [-0.25, -0.2) is 4.98 Å². The third-order valence-corrected chi connectivity index (χ3v) is 3.47. The largest absolute Gasteiger partial charge is 0.506 e. The van der Waals surface area contributed by atoms with Gasteiger partial charge in [-0.1, -0.05) is 17.7 Å². The number of aromatic hydroxyl groups is 1. The molecule has 1 aromatic heterocycles. The predicted octanol–water partition coefficient (Wildman–Crippen LogP) is 4.26. The number of phenolic OH excluding ortho intramolecular Hbond substituents is 1. The lowest BCUT2D eigenvalue weighted by molar-refractivity contribution is 0.475. The van der Waals surface area contributed by atoms with Crippen molar-refractivity contribution in [2.75, 3.05) is 11.1 Å². The van der Waals surface area contributed by atoms with Crippen LogP contribution in [-0.4, -0.2) is 15.1 Å². The number of hydrogen-bond acceptors (Lipinski definition) is 6.